The molecule has 0 unspecified atom stereocenters. The van der Waals surface area contributed by atoms with Crippen LogP contribution in [0.4, 0.5) is 46.3 Å². The lowest BCUT2D eigenvalue weighted by molar-refractivity contribution is 0.424. The van der Waals surface area contributed by atoms with Crippen LogP contribution >= 0.6 is 0 Å². The first-order valence-corrected chi connectivity index (χ1v) is 14.6. The highest BCUT2D eigenvalue weighted by molar-refractivity contribution is 5.99. The van der Waals surface area contributed by atoms with Gasteiger partial charge < -0.3 is 15.5 Å². The first kappa shape index (κ1) is 27.9. The second kappa shape index (κ2) is 13.2. The van der Waals surface area contributed by atoms with E-state index in [0.29, 0.717) is 23.9 Å². The molecule has 1 aliphatic carbocycles. The van der Waals surface area contributed by atoms with Crippen molar-refractivity contribution in [2.24, 2.45) is 20.5 Å². The van der Waals surface area contributed by atoms with Crippen LogP contribution in [0.3, 0.4) is 0 Å². The summed E-state index contributed by atoms with van der Waals surface area (Å²) in [5.74, 6) is 1.68. The van der Waals surface area contributed by atoms with Crippen molar-refractivity contribution in [3.8, 4) is 0 Å². The molecule has 43 heavy (non-hydrogen) atoms. The van der Waals surface area contributed by atoms with E-state index >= 15 is 0 Å². The fraction of sp³-hybridized carbons (Fsp3) is 0.242. The molecule has 2 N–H and O–H groups in total. The molecular weight excluding hydrogens is 536 g/mol. The van der Waals surface area contributed by atoms with E-state index in [1.807, 2.05) is 98.0 Å². The maximum Gasteiger partial charge on any atom is 0.233 e. The number of aromatic nitrogens is 3. The highest BCUT2D eigenvalue weighted by atomic mass is 15.3. The lowest BCUT2D eigenvalue weighted by Crippen LogP contribution is -2.34. The van der Waals surface area contributed by atoms with Gasteiger partial charge in [0.1, 0.15) is 0 Å². The quantitative estimate of drug-likeness (QED) is 0.171. The fourth-order valence-electron chi connectivity index (χ4n) is 5.22. The van der Waals surface area contributed by atoms with Crippen molar-refractivity contribution in [2.75, 3.05) is 29.6 Å². The van der Waals surface area contributed by atoms with Crippen LogP contribution in [-0.4, -0.2) is 35.1 Å². The predicted octanol–water partition coefficient (Wildman–Crippen LogP) is 9.41. The summed E-state index contributed by atoms with van der Waals surface area (Å²) in [6.07, 6.45) is 6.12. The highest BCUT2D eigenvalue weighted by Crippen LogP contribution is 2.35. The molecule has 1 aromatic heterocycles. The third kappa shape index (κ3) is 6.81. The Morgan fingerprint density at radius 1 is 0.628 bits per heavy atom. The minimum absolute atomic E-state index is 0.449. The highest BCUT2D eigenvalue weighted by Gasteiger charge is 2.21. The van der Waals surface area contributed by atoms with Gasteiger partial charge in [-0.15, -0.1) is 10.2 Å². The largest absolute Gasteiger partial charge is 0.357 e. The third-order valence-electron chi connectivity index (χ3n) is 7.59. The molecule has 216 valence electrons. The summed E-state index contributed by atoms with van der Waals surface area (Å²) in [7, 11) is 3.88. The number of hydrogen-bond acceptors (Lipinski definition) is 10. The van der Waals surface area contributed by atoms with E-state index in [1.165, 1.54) is 19.3 Å². The average Bonchev–Trinajstić information content (AvgIpc) is 3.07. The van der Waals surface area contributed by atoms with Crippen LogP contribution in [0, 0.1) is 0 Å². The van der Waals surface area contributed by atoms with Crippen molar-refractivity contribution in [1.82, 2.24) is 15.0 Å². The van der Waals surface area contributed by atoms with Gasteiger partial charge in [0.15, 0.2) is 0 Å². The van der Waals surface area contributed by atoms with Crippen molar-refractivity contribution < 1.29 is 0 Å². The monoisotopic (exact) mass is 570 g/mol. The number of anilines is 4. The number of benzene rings is 4. The van der Waals surface area contributed by atoms with Gasteiger partial charge in [-0.2, -0.15) is 25.2 Å². The third-order valence-corrected chi connectivity index (χ3v) is 7.59. The van der Waals surface area contributed by atoms with Crippen LogP contribution in [0.15, 0.2) is 111 Å². The Balaban J connectivity index is 1.17. The molecule has 5 aromatic rings. The first-order chi connectivity index (χ1) is 21.2. The normalized spacial score (nSPS) is 14.0. The van der Waals surface area contributed by atoms with Crippen LogP contribution in [0.1, 0.15) is 32.1 Å². The van der Waals surface area contributed by atoms with Crippen molar-refractivity contribution in [2.45, 2.75) is 38.1 Å². The van der Waals surface area contributed by atoms with Crippen molar-refractivity contribution in [1.29, 1.82) is 0 Å². The van der Waals surface area contributed by atoms with Gasteiger partial charge >= 0.3 is 0 Å². The van der Waals surface area contributed by atoms with Gasteiger partial charge in [0.25, 0.3) is 0 Å². The van der Waals surface area contributed by atoms with Crippen LogP contribution < -0.4 is 15.5 Å². The smallest absolute Gasteiger partial charge is 0.233 e. The Labute approximate surface area is 251 Å². The first-order valence-electron chi connectivity index (χ1n) is 14.6. The standard InChI is InChI=1S/C33H34N10/c1-34-31-36-32(38-33(37-31)43(2)26-13-7-4-8-14-26)35-23-17-19-25(20-18-23)40-42-30-22-21-29(27-15-9-10-16-28(27)30)41-39-24-11-5-3-6-12-24/h3,5-6,9-12,15-22,26H,4,7-8,13-14H2,1-2H3,(H2,34,35,36,37,38). The predicted molar refractivity (Wildman–Crippen MR) is 173 cm³/mol. The second-order valence-corrected chi connectivity index (χ2v) is 10.5. The Kier molecular flexibility index (Phi) is 8.54. The zero-order valence-corrected chi connectivity index (χ0v) is 24.4. The molecule has 0 spiro atoms. The van der Waals surface area contributed by atoms with Crippen LogP contribution in [-0.2, 0) is 0 Å². The van der Waals surface area contributed by atoms with Gasteiger partial charge in [0.05, 0.1) is 22.7 Å². The van der Waals surface area contributed by atoms with E-state index in [9.17, 15) is 0 Å². The van der Waals surface area contributed by atoms with Crippen molar-refractivity contribution >= 4 is 57.1 Å². The van der Waals surface area contributed by atoms with Gasteiger partial charge in [0.2, 0.25) is 17.8 Å². The molecule has 0 amide bonds. The van der Waals surface area contributed by atoms with Crippen molar-refractivity contribution in [3.63, 3.8) is 0 Å². The average molecular weight is 571 g/mol. The number of azo groups is 2. The van der Waals surface area contributed by atoms with E-state index in [4.69, 9.17) is 4.98 Å². The van der Waals surface area contributed by atoms with Gasteiger partial charge in [-0.25, -0.2) is 0 Å². The van der Waals surface area contributed by atoms with E-state index in [0.717, 1.165) is 52.1 Å². The summed E-state index contributed by atoms with van der Waals surface area (Å²) in [6, 6.07) is 29.7. The molecule has 0 atom stereocenters. The Morgan fingerprint density at radius 3 is 1.84 bits per heavy atom. The number of nitrogens with zero attached hydrogens (tertiary/aromatic N) is 8. The number of nitrogens with one attached hydrogen (secondary N) is 2. The van der Waals surface area contributed by atoms with E-state index < -0.39 is 0 Å². The lowest BCUT2D eigenvalue weighted by atomic mass is 9.95. The molecule has 1 aliphatic rings. The molecule has 1 heterocycles. The Hall–Kier alpha value is -5.25. The molecule has 0 saturated heterocycles. The molecule has 1 fully saturated rings. The fourth-order valence-corrected chi connectivity index (χ4v) is 5.22. The van der Waals surface area contributed by atoms with E-state index in [2.05, 4.69) is 53.0 Å². The molecule has 0 bridgehead atoms. The maximum absolute atomic E-state index is 4.71. The minimum Gasteiger partial charge on any atom is -0.357 e. The second-order valence-electron chi connectivity index (χ2n) is 10.5. The minimum atomic E-state index is 0.449. The van der Waals surface area contributed by atoms with Crippen LogP contribution in [0.2, 0.25) is 0 Å². The zero-order chi connectivity index (χ0) is 29.4. The molecule has 10 nitrogen and oxygen atoms in total. The molecule has 0 aliphatic heterocycles. The SMILES string of the molecule is CNc1nc(Nc2ccc(N=Nc3ccc(N=Nc4ccccc4)c4ccccc34)cc2)nc(N(C)C2CCCCC2)n1. The summed E-state index contributed by atoms with van der Waals surface area (Å²) < 4.78 is 0. The Bertz CT molecular complexity index is 1730. The summed E-state index contributed by atoms with van der Waals surface area (Å²) in [6.45, 7) is 0. The number of fused-ring (bicyclic) bond motifs is 1. The number of hydrogen-bond donors (Lipinski definition) is 2. The van der Waals surface area contributed by atoms with Gasteiger partial charge in [-0.1, -0.05) is 61.7 Å². The van der Waals surface area contributed by atoms with Gasteiger partial charge in [-0.3, -0.25) is 0 Å². The number of rotatable bonds is 9. The molecular formula is C33H34N10. The van der Waals surface area contributed by atoms with Crippen molar-refractivity contribution in [3.05, 3.63) is 91.0 Å². The van der Waals surface area contributed by atoms with Crippen LogP contribution in [0.25, 0.3) is 10.8 Å². The Morgan fingerprint density at radius 2 is 1.21 bits per heavy atom. The lowest BCUT2D eigenvalue weighted by Gasteiger charge is -2.31. The summed E-state index contributed by atoms with van der Waals surface area (Å²) in [5.41, 5.74) is 3.92. The summed E-state index contributed by atoms with van der Waals surface area (Å²) in [5, 5.41) is 26.2. The molecule has 0 radical (unpaired) electrons. The van der Waals surface area contributed by atoms with Gasteiger partial charge in [-0.05, 0) is 61.4 Å². The topological polar surface area (TPSA) is 115 Å². The molecule has 4 aromatic carbocycles. The molecule has 10 heteroatoms. The summed E-state index contributed by atoms with van der Waals surface area (Å²) in [4.78, 5) is 16.0. The van der Waals surface area contributed by atoms with E-state index in [1.54, 1.807) is 0 Å². The van der Waals surface area contributed by atoms with Gasteiger partial charge in [0, 0.05) is 36.6 Å². The maximum atomic E-state index is 4.71. The van der Waals surface area contributed by atoms with E-state index in [-0.39, 0.29) is 0 Å². The molecule has 6 rings (SSSR count). The van der Waals surface area contributed by atoms with Crippen LogP contribution in [0.5, 0.6) is 0 Å². The summed E-state index contributed by atoms with van der Waals surface area (Å²) >= 11 is 0. The zero-order valence-electron chi connectivity index (χ0n) is 24.4. The molecule has 1 saturated carbocycles.